The average molecular weight is 362 g/mol. The highest BCUT2D eigenvalue weighted by molar-refractivity contribution is 7.89. The van der Waals surface area contributed by atoms with Crippen LogP contribution in [0.3, 0.4) is 0 Å². The summed E-state index contributed by atoms with van der Waals surface area (Å²) in [6.07, 6.45) is 1.85. The number of sulfonamides is 1. The first-order valence-corrected chi connectivity index (χ1v) is 9.23. The highest BCUT2D eigenvalue weighted by Crippen LogP contribution is 2.27. The van der Waals surface area contributed by atoms with Crippen molar-refractivity contribution < 1.29 is 8.42 Å². The summed E-state index contributed by atoms with van der Waals surface area (Å²) in [6.45, 7) is 4.18. The lowest BCUT2D eigenvalue weighted by Crippen LogP contribution is -2.40. The molecule has 23 heavy (non-hydrogen) atoms. The molecule has 1 fully saturated rings. The summed E-state index contributed by atoms with van der Waals surface area (Å²) in [7, 11) is 2.42. The number of nitrogens with zero attached hydrogens (tertiary/aromatic N) is 2. The Kier molecular flexibility index (Phi) is 7.32. The van der Waals surface area contributed by atoms with E-state index in [9.17, 15) is 8.42 Å². The van der Waals surface area contributed by atoms with Crippen molar-refractivity contribution in [3.05, 3.63) is 23.8 Å². The van der Waals surface area contributed by atoms with Gasteiger partial charge in [0.2, 0.25) is 10.0 Å². The van der Waals surface area contributed by atoms with Gasteiger partial charge in [-0.1, -0.05) is 6.07 Å². The Morgan fingerprint density at radius 2 is 1.87 bits per heavy atom. The summed E-state index contributed by atoms with van der Waals surface area (Å²) >= 11 is 0. The van der Waals surface area contributed by atoms with Gasteiger partial charge < -0.3 is 10.2 Å². The minimum atomic E-state index is -3.39. The molecule has 0 aromatic heterocycles. The fourth-order valence-electron chi connectivity index (χ4n) is 3.02. The van der Waals surface area contributed by atoms with Gasteiger partial charge in [0.1, 0.15) is 0 Å². The molecule has 0 bridgehead atoms. The minimum Gasteiger partial charge on any atom is -0.377 e. The van der Waals surface area contributed by atoms with Crippen LogP contribution in [-0.4, -0.2) is 53.5 Å². The highest BCUT2D eigenvalue weighted by atomic mass is 35.5. The van der Waals surface area contributed by atoms with E-state index in [1.807, 2.05) is 39.0 Å². The molecule has 0 unspecified atom stereocenters. The zero-order valence-electron chi connectivity index (χ0n) is 14.4. The van der Waals surface area contributed by atoms with Crippen molar-refractivity contribution in [3.8, 4) is 0 Å². The molecule has 132 valence electrons. The summed E-state index contributed by atoms with van der Waals surface area (Å²) in [5.74, 6) is 0.576. The Hall–Kier alpha value is -0.820. The molecular weight excluding hydrogens is 334 g/mol. The maximum absolute atomic E-state index is 12.8. The van der Waals surface area contributed by atoms with Gasteiger partial charge >= 0.3 is 0 Å². The number of hydrogen-bond acceptors (Lipinski definition) is 4. The van der Waals surface area contributed by atoms with Crippen LogP contribution >= 0.6 is 12.4 Å². The van der Waals surface area contributed by atoms with E-state index in [2.05, 4.69) is 5.32 Å². The van der Waals surface area contributed by atoms with Crippen LogP contribution in [0.1, 0.15) is 18.4 Å². The molecule has 1 aliphatic rings. The molecule has 2 rings (SSSR count). The molecule has 1 saturated heterocycles. The fraction of sp³-hybridized carbons (Fsp3) is 0.625. The van der Waals surface area contributed by atoms with Crippen LogP contribution in [0.15, 0.2) is 23.1 Å². The van der Waals surface area contributed by atoms with Gasteiger partial charge in [0.15, 0.2) is 0 Å². The molecule has 0 amide bonds. The van der Waals surface area contributed by atoms with E-state index in [1.165, 1.54) is 0 Å². The van der Waals surface area contributed by atoms with Crippen LogP contribution in [0, 0.1) is 12.8 Å². The number of aryl methyl sites for hydroxylation is 1. The van der Waals surface area contributed by atoms with Crippen molar-refractivity contribution >= 4 is 28.1 Å². The third-order valence-corrected chi connectivity index (χ3v) is 6.26. The third-order valence-electron chi connectivity index (χ3n) is 4.37. The molecule has 5 nitrogen and oxygen atoms in total. The van der Waals surface area contributed by atoms with Gasteiger partial charge in [-0.05, 0) is 57.0 Å². The van der Waals surface area contributed by atoms with E-state index in [1.54, 1.807) is 16.4 Å². The summed E-state index contributed by atoms with van der Waals surface area (Å²) in [6, 6.07) is 5.39. The van der Waals surface area contributed by atoms with E-state index in [4.69, 9.17) is 0 Å². The molecule has 1 aliphatic heterocycles. The van der Waals surface area contributed by atoms with Crippen molar-refractivity contribution in [2.45, 2.75) is 24.7 Å². The quantitative estimate of drug-likeness (QED) is 0.872. The van der Waals surface area contributed by atoms with Gasteiger partial charge in [-0.15, -0.1) is 12.4 Å². The Morgan fingerprint density at radius 1 is 1.26 bits per heavy atom. The van der Waals surface area contributed by atoms with Crippen molar-refractivity contribution in [1.82, 2.24) is 9.62 Å². The van der Waals surface area contributed by atoms with Crippen molar-refractivity contribution in [1.29, 1.82) is 0 Å². The van der Waals surface area contributed by atoms with Crippen LogP contribution in [0.2, 0.25) is 0 Å². The third kappa shape index (κ3) is 4.59. The second-order valence-corrected chi connectivity index (χ2v) is 8.19. The van der Waals surface area contributed by atoms with Gasteiger partial charge in [0.25, 0.3) is 0 Å². The number of piperidine rings is 1. The molecule has 0 aliphatic carbocycles. The molecule has 7 heteroatoms. The fourth-order valence-corrected chi connectivity index (χ4v) is 4.51. The molecule has 1 heterocycles. The molecular formula is C16H28ClN3O2S. The van der Waals surface area contributed by atoms with Crippen molar-refractivity contribution in [3.63, 3.8) is 0 Å². The normalized spacial score (nSPS) is 16.9. The first kappa shape index (κ1) is 20.2. The van der Waals surface area contributed by atoms with E-state index >= 15 is 0 Å². The van der Waals surface area contributed by atoms with Crippen LogP contribution in [0.5, 0.6) is 0 Å². The molecule has 0 atom stereocenters. The van der Waals surface area contributed by atoms with Crippen LogP contribution in [-0.2, 0) is 10.0 Å². The van der Waals surface area contributed by atoms with Crippen LogP contribution < -0.4 is 10.2 Å². The minimum absolute atomic E-state index is 0. The molecule has 1 aromatic carbocycles. The van der Waals surface area contributed by atoms with Crippen molar-refractivity contribution in [2.24, 2.45) is 5.92 Å². The predicted octanol–water partition coefficient (Wildman–Crippen LogP) is 2.10. The predicted molar refractivity (Wildman–Crippen MR) is 98.2 cm³/mol. The van der Waals surface area contributed by atoms with Gasteiger partial charge in [0, 0.05) is 32.9 Å². The van der Waals surface area contributed by atoms with Gasteiger partial charge in [-0.25, -0.2) is 8.42 Å². The van der Waals surface area contributed by atoms with Gasteiger partial charge in [-0.2, -0.15) is 4.31 Å². The maximum Gasteiger partial charge on any atom is 0.243 e. The number of benzene rings is 1. The maximum atomic E-state index is 12.8. The SMILES string of the molecule is CNCC1CCN(S(=O)(=O)c2ccc(C)c(N(C)C)c2)CC1.Cl. The second kappa shape index (κ2) is 8.33. The number of nitrogens with one attached hydrogen (secondary N) is 1. The lowest BCUT2D eigenvalue weighted by atomic mass is 9.98. The van der Waals surface area contributed by atoms with Crippen LogP contribution in [0.4, 0.5) is 5.69 Å². The smallest absolute Gasteiger partial charge is 0.243 e. The Morgan fingerprint density at radius 3 is 2.39 bits per heavy atom. The number of hydrogen-bond donors (Lipinski definition) is 1. The average Bonchev–Trinajstić information content (AvgIpc) is 2.48. The number of halogens is 1. The van der Waals surface area contributed by atoms with E-state index < -0.39 is 10.0 Å². The van der Waals surface area contributed by atoms with Crippen molar-refractivity contribution in [2.75, 3.05) is 45.7 Å². The molecule has 0 radical (unpaired) electrons. The molecule has 1 N–H and O–H groups in total. The first-order chi connectivity index (χ1) is 10.4. The summed E-state index contributed by atoms with van der Waals surface area (Å²) < 4.78 is 27.3. The summed E-state index contributed by atoms with van der Waals surface area (Å²) in [5.41, 5.74) is 2.03. The molecule has 0 spiro atoms. The number of anilines is 1. The Balaban J connectivity index is 0.00000264. The van der Waals surface area contributed by atoms with Gasteiger partial charge in [-0.3, -0.25) is 0 Å². The largest absolute Gasteiger partial charge is 0.377 e. The van der Waals surface area contributed by atoms with E-state index in [-0.39, 0.29) is 12.4 Å². The molecule has 1 aromatic rings. The standard InChI is InChI=1S/C16H27N3O2S.ClH/c1-13-5-6-15(11-16(13)18(3)4)22(20,21)19-9-7-14(8-10-19)12-17-2;/h5-6,11,14,17H,7-10,12H2,1-4H3;1H. The lowest BCUT2D eigenvalue weighted by Gasteiger charge is -2.31. The zero-order chi connectivity index (χ0) is 16.3. The highest BCUT2D eigenvalue weighted by Gasteiger charge is 2.29. The number of rotatable bonds is 5. The van der Waals surface area contributed by atoms with E-state index in [0.29, 0.717) is 23.9 Å². The summed E-state index contributed by atoms with van der Waals surface area (Å²) in [5, 5.41) is 3.18. The Labute approximate surface area is 146 Å². The topological polar surface area (TPSA) is 52.7 Å². The Bertz CT molecular complexity index is 612. The first-order valence-electron chi connectivity index (χ1n) is 7.79. The monoisotopic (exact) mass is 361 g/mol. The summed E-state index contributed by atoms with van der Waals surface area (Å²) in [4.78, 5) is 2.35. The van der Waals surface area contributed by atoms with Gasteiger partial charge in [0.05, 0.1) is 4.90 Å². The second-order valence-electron chi connectivity index (χ2n) is 6.25. The van der Waals surface area contributed by atoms with E-state index in [0.717, 1.165) is 30.6 Å². The van der Waals surface area contributed by atoms with Crippen LogP contribution in [0.25, 0.3) is 0 Å². The lowest BCUT2D eigenvalue weighted by molar-refractivity contribution is 0.270. The molecule has 0 saturated carbocycles. The zero-order valence-corrected chi connectivity index (χ0v) is 16.0.